The molecule has 2 heteroatoms. The Hall–Kier alpha value is -0.0800. The van der Waals surface area contributed by atoms with Gasteiger partial charge in [0.25, 0.3) is 0 Å². The highest BCUT2D eigenvalue weighted by atomic mass is 16.5. The molecule has 0 aromatic heterocycles. The largest absolute Gasteiger partial charge is 0.381 e. The number of hydrogen-bond acceptors (Lipinski definition) is 2. The Bertz CT molecular complexity index is 114. The predicted octanol–water partition coefficient (Wildman–Crippen LogP) is 1.55. The van der Waals surface area contributed by atoms with Crippen LogP contribution in [0.3, 0.4) is 0 Å². The van der Waals surface area contributed by atoms with Crippen LogP contribution in [0.25, 0.3) is 0 Å². The second kappa shape index (κ2) is 4.07. The van der Waals surface area contributed by atoms with Gasteiger partial charge in [0.05, 0.1) is 6.10 Å². The van der Waals surface area contributed by atoms with Crippen LogP contribution in [-0.2, 0) is 4.74 Å². The summed E-state index contributed by atoms with van der Waals surface area (Å²) in [5.74, 6) is 0. The van der Waals surface area contributed by atoms with Crippen molar-refractivity contribution in [2.24, 2.45) is 0 Å². The van der Waals surface area contributed by atoms with Crippen LogP contribution >= 0.6 is 0 Å². The van der Waals surface area contributed by atoms with E-state index in [0.717, 1.165) is 0 Å². The minimum atomic E-state index is 0.506. The fourth-order valence-electron chi connectivity index (χ4n) is 1.78. The first-order valence-electron chi connectivity index (χ1n) is 4.51. The molecule has 0 spiro atoms. The van der Waals surface area contributed by atoms with Crippen molar-refractivity contribution in [1.82, 2.24) is 5.32 Å². The molecule has 2 atom stereocenters. The Morgan fingerprint density at radius 2 is 2.09 bits per heavy atom. The summed E-state index contributed by atoms with van der Waals surface area (Å²) < 4.78 is 5.28. The second-order valence-electron chi connectivity index (χ2n) is 3.69. The van der Waals surface area contributed by atoms with Gasteiger partial charge in [-0.15, -0.1) is 0 Å². The molecule has 0 aliphatic heterocycles. The summed E-state index contributed by atoms with van der Waals surface area (Å²) in [4.78, 5) is 0. The smallest absolute Gasteiger partial charge is 0.0586 e. The summed E-state index contributed by atoms with van der Waals surface area (Å²) in [7, 11) is 1.81. The van der Waals surface area contributed by atoms with Crippen molar-refractivity contribution < 1.29 is 4.74 Å². The van der Waals surface area contributed by atoms with Crippen LogP contribution in [0.15, 0.2) is 0 Å². The third-order valence-corrected chi connectivity index (χ3v) is 2.29. The third kappa shape index (κ3) is 2.80. The summed E-state index contributed by atoms with van der Waals surface area (Å²) in [6.45, 7) is 4.39. The zero-order chi connectivity index (χ0) is 8.27. The van der Waals surface area contributed by atoms with Gasteiger partial charge in [0.1, 0.15) is 0 Å². The summed E-state index contributed by atoms with van der Waals surface area (Å²) in [5, 5.41) is 3.53. The second-order valence-corrected chi connectivity index (χ2v) is 3.69. The van der Waals surface area contributed by atoms with Gasteiger partial charge in [0.2, 0.25) is 0 Å². The molecule has 0 radical (unpaired) electrons. The molecule has 11 heavy (non-hydrogen) atoms. The number of methoxy groups -OCH3 is 1. The molecule has 0 aromatic carbocycles. The van der Waals surface area contributed by atoms with Crippen molar-refractivity contribution in [3.8, 4) is 0 Å². The fourth-order valence-corrected chi connectivity index (χ4v) is 1.78. The molecule has 1 aliphatic rings. The third-order valence-electron chi connectivity index (χ3n) is 2.29. The van der Waals surface area contributed by atoms with E-state index in [9.17, 15) is 0 Å². The molecule has 1 aliphatic carbocycles. The average Bonchev–Trinajstić information content (AvgIpc) is 2.34. The highest BCUT2D eigenvalue weighted by molar-refractivity contribution is 4.81. The number of ether oxygens (including phenoxy) is 1. The summed E-state index contributed by atoms with van der Waals surface area (Å²) >= 11 is 0. The number of rotatable bonds is 3. The lowest BCUT2D eigenvalue weighted by atomic mass is 10.2. The molecule has 0 bridgehead atoms. The SMILES string of the molecule is CO[C@@H]1CC[C@H](NC(C)C)C1. The first-order chi connectivity index (χ1) is 5.22. The first kappa shape index (κ1) is 9.01. The van der Waals surface area contributed by atoms with Crippen molar-refractivity contribution in [2.45, 2.75) is 51.3 Å². The van der Waals surface area contributed by atoms with Crippen molar-refractivity contribution in [2.75, 3.05) is 7.11 Å². The van der Waals surface area contributed by atoms with E-state index >= 15 is 0 Å². The van der Waals surface area contributed by atoms with E-state index in [0.29, 0.717) is 18.2 Å². The molecule has 1 N–H and O–H groups in total. The molecule has 1 rings (SSSR count). The van der Waals surface area contributed by atoms with Gasteiger partial charge < -0.3 is 10.1 Å². The van der Waals surface area contributed by atoms with Gasteiger partial charge in [-0.05, 0) is 19.3 Å². The maximum Gasteiger partial charge on any atom is 0.0586 e. The van der Waals surface area contributed by atoms with Crippen molar-refractivity contribution >= 4 is 0 Å². The molecule has 0 aromatic rings. The van der Waals surface area contributed by atoms with Crippen molar-refractivity contribution in [3.05, 3.63) is 0 Å². The molecule has 0 heterocycles. The first-order valence-corrected chi connectivity index (χ1v) is 4.51. The zero-order valence-electron chi connectivity index (χ0n) is 7.76. The molecule has 2 nitrogen and oxygen atoms in total. The van der Waals surface area contributed by atoms with Gasteiger partial charge in [-0.2, -0.15) is 0 Å². The fraction of sp³-hybridized carbons (Fsp3) is 1.00. The normalized spacial score (nSPS) is 31.6. The summed E-state index contributed by atoms with van der Waals surface area (Å²) in [6.07, 6.45) is 4.19. The Labute approximate surface area is 69.3 Å². The van der Waals surface area contributed by atoms with E-state index in [1.54, 1.807) is 0 Å². The molecule has 0 amide bonds. The van der Waals surface area contributed by atoms with E-state index in [1.807, 2.05) is 7.11 Å². The van der Waals surface area contributed by atoms with Crippen LogP contribution in [0.1, 0.15) is 33.1 Å². The molecule has 0 saturated heterocycles. The van der Waals surface area contributed by atoms with Gasteiger partial charge >= 0.3 is 0 Å². The van der Waals surface area contributed by atoms with Crippen molar-refractivity contribution in [1.29, 1.82) is 0 Å². The van der Waals surface area contributed by atoms with Gasteiger partial charge in [-0.1, -0.05) is 13.8 Å². The van der Waals surface area contributed by atoms with E-state index in [-0.39, 0.29) is 0 Å². The summed E-state index contributed by atoms with van der Waals surface area (Å²) in [6, 6.07) is 1.30. The monoisotopic (exact) mass is 157 g/mol. The minimum absolute atomic E-state index is 0.506. The van der Waals surface area contributed by atoms with Crippen LogP contribution < -0.4 is 5.32 Å². The standard InChI is InChI=1S/C9H19NO/c1-7(2)10-8-4-5-9(6-8)11-3/h7-10H,4-6H2,1-3H3/t8-,9+/m0/s1. The van der Waals surface area contributed by atoms with E-state index in [1.165, 1.54) is 19.3 Å². The quantitative estimate of drug-likeness (QED) is 0.671. The zero-order valence-corrected chi connectivity index (χ0v) is 7.76. The molecule has 1 saturated carbocycles. The number of hydrogen-bond donors (Lipinski definition) is 1. The Morgan fingerprint density at radius 3 is 2.55 bits per heavy atom. The van der Waals surface area contributed by atoms with Crippen LogP contribution in [0.4, 0.5) is 0 Å². The van der Waals surface area contributed by atoms with E-state index < -0.39 is 0 Å². The van der Waals surface area contributed by atoms with Crippen LogP contribution in [0.2, 0.25) is 0 Å². The minimum Gasteiger partial charge on any atom is -0.381 e. The van der Waals surface area contributed by atoms with Crippen LogP contribution in [0.5, 0.6) is 0 Å². The topological polar surface area (TPSA) is 21.3 Å². The highest BCUT2D eigenvalue weighted by Crippen LogP contribution is 2.21. The summed E-state index contributed by atoms with van der Waals surface area (Å²) in [5.41, 5.74) is 0. The molecular weight excluding hydrogens is 138 g/mol. The van der Waals surface area contributed by atoms with Crippen LogP contribution in [0, 0.1) is 0 Å². The predicted molar refractivity (Wildman–Crippen MR) is 46.7 cm³/mol. The average molecular weight is 157 g/mol. The van der Waals surface area contributed by atoms with E-state index in [4.69, 9.17) is 4.74 Å². The van der Waals surface area contributed by atoms with Gasteiger partial charge in [-0.25, -0.2) is 0 Å². The molecule has 0 unspecified atom stereocenters. The number of nitrogens with one attached hydrogen (secondary N) is 1. The van der Waals surface area contributed by atoms with Gasteiger partial charge in [0, 0.05) is 19.2 Å². The van der Waals surface area contributed by atoms with Gasteiger partial charge in [0.15, 0.2) is 0 Å². The lowest BCUT2D eigenvalue weighted by molar-refractivity contribution is 0.106. The maximum absolute atomic E-state index is 5.28. The van der Waals surface area contributed by atoms with Gasteiger partial charge in [-0.3, -0.25) is 0 Å². The van der Waals surface area contributed by atoms with Crippen LogP contribution in [-0.4, -0.2) is 25.3 Å². The van der Waals surface area contributed by atoms with Crippen molar-refractivity contribution in [3.63, 3.8) is 0 Å². The molecule has 1 fully saturated rings. The Morgan fingerprint density at radius 1 is 1.36 bits per heavy atom. The molecular formula is C9H19NO. The highest BCUT2D eigenvalue weighted by Gasteiger charge is 2.24. The lowest BCUT2D eigenvalue weighted by Crippen LogP contribution is -2.33. The Kier molecular flexibility index (Phi) is 3.34. The lowest BCUT2D eigenvalue weighted by Gasteiger charge is -2.15. The maximum atomic E-state index is 5.28. The molecule has 66 valence electrons. The van der Waals surface area contributed by atoms with E-state index in [2.05, 4.69) is 19.2 Å². The Balaban J connectivity index is 2.19.